The van der Waals surface area contributed by atoms with Crippen LogP contribution in [0.3, 0.4) is 0 Å². The van der Waals surface area contributed by atoms with E-state index in [1.165, 1.54) is 19.9 Å². The molecule has 2 aromatic heterocycles. The molecule has 1 aliphatic rings. The Hall–Kier alpha value is -3.40. The van der Waals surface area contributed by atoms with Crippen LogP contribution in [0.15, 0.2) is 11.6 Å². The Morgan fingerprint density at radius 1 is 1.26 bits per heavy atom. The summed E-state index contributed by atoms with van der Waals surface area (Å²) in [4.78, 5) is 40.1. The maximum atomic E-state index is 12.8. The largest absolute Gasteiger partial charge is 0.450 e. The molecule has 0 radical (unpaired) electrons. The number of ketones is 2. The fraction of sp³-hybridized carbons (Fsp3) is 0.417. The summed E-state index contributed by atoms with van der Waals surface area (Å²) in [7, 11) is 0. The monoisotopic (exact) mass is 421 g/mol. The first-order valence-corrected chi connectivity index (χ1v) is 10.3. The number of carbonyl (C=O) groups is 3. The molecule has 3 rings (SSSR count). The van der Waals surface area contributed by atoms with Crippen LogP contribution in [0.2, 0.25) is 0 Å². The Bertz CT molecular complexity index is 1150. The van der Waals surface area contributed by atoms with Gasteiger partial charge in [0, 0.05) is 28.7 Å². The zero-order chi connectivity index (χ0) is 23.0. The van der Waals surface area contributed by atoms with Crippen molar-refractivity contribution in [2.75, 3.05) is 0 Å². The maximum absolute atomic E-state index is 12.8. The molecule has 1 atom stereocenters. The predicted octanol–water partition coefficient (Wildman–Crippen LogP) is 4.31. The van der Waals surface area contributed by atoms with E-state index < -0.39 is 17.9 Å². The van der Waals surface area contributed by atoms with E-state index in [4.69, 9.17) is 4.74 Å². The van der Waals surface area contributed by atoms with Crippen molar-refractivity contribution >= 4 is 23.6 Å². The number of aromatic nitrogens is 2. The van der Waals surface area contributed by atoms with E-state index in [2.05, 4.69) is 9.55 Å². The quantitative estimate of drug-likeness (QED) is 0.310. The van der Waals surface area contributed by atoms with Gasteiger partial charge in [-0.1, -0.05) is 0 Å². The standard InChI is InChI=1S/C24H27N3O4/c1-12-9-18(15(4)27(12)20-7-8-20)10-19(11-25)24(30)31-17(6)23(29)22-13(2)21(16(5)28)14(3)26-22/h9-10,17,20,26H,7-8H2,1-6H3/b19-10+/t17-/m1/s1. The van der Waals surface area contributed by atoms with E-state index in [0.717, 1.165) is 29.8 Å². The first kappa shape index (κ1) is 22.3. The van der Waals surface area contributed by atoms with Gasteiger partial charge in [0.15, 0.2) is 11.9 Å². The fourth-order valence-electron chi connectivity index (χ4n) is 4.14. The highest BCUT2D eigenvalue weighted by Crippen LogP contribution is 2.38. The normalized spacial score (nSPS) is 14.8. The number of Topliss-reactive ketones (excluding diaryl/α,β-unsaturated/α-hetero) is 2. The Morgan fingerprint density at radius 2 is 1.90 bits per heavy atom. The molecule has 1 fully saturated rings. The maximum Gasteiger partial charge on any atom is 0.349 e. The Labute approximate surface area is 181 Å². The van der Waals surface area contributed by atoms with Gasteiger partial charge in [-0.15, -0.1) is 0 Å². The zero-order valence-corrected chi connectivity index (χ0v) is 18.8. The molecule has 0 aromatic carbocycles. The van der Waals surface area contributed by atoms with Gasteiger partial charge in [0.1, 0.15) is 11.6 Å². The van der Waals surface area contributed by atoms with E-state index in [0.29, 0.717) is 22.9 Å². The molecule has 1 aliphatic carbocycles. The summed E-state index contributed by atoms with van der Waals surface area (Å²) >= 11 is 0. The van der Waals surface area contributed by atoms with Crippen molar-refractivity contribution in [1.82, 2.24) is 9.55 Å². The minimum absolute atomic E-state index is 0.145. The number of rotatable bonds is 7. The number of nitrogens with one attached hydrogen (secondary N) is 1. The minimum atomic E-state index is -1.11. The number of aryl methyl sites for hydroxylation is 2. The van der Waals surface area contributed by atoms with Crippen LogP contribution in [0.1, 0.15) is 81.8 Å². The van der Waals surface area contributed by atoms with Crippen LogP contribution in [0.4, 0.5) is 0 Å². The molecule has 2 heterocycles. The number of esters is 1. The molecule has 1 N–H and O–H groups in total. The predicted molar refractivity (Wildman–Crippen MR) is 116 cm³/mol. The highest BCUT2D eigenvalue weighted by molar-refractivity contribution is 6.06. The molecule has 7 nitrogen and oxygen atoms in total. The second-order valence-corrected chi connectivity index (χ2v) is 8.19. The number of nitriles is 1. The summed E-state index contributed by atoms with van der Waals surface area (Å²) in [6.07, 6.45) is 2.67. The molecule has 0 bridgehead atoms. The van der Waals surface area contributed by atoms with Crippen LogP contribution >= 0.6 is 0 Å². The molecular formula is C24H27N3O4. The Kier molecular flexibility index (Phi) is 6.03. The van der Waals surface area contributed by atoms with E-state index >= 15 is 0 Å². The SMILES string of the molecule is CC(=O)c1c(C)[nH]c(C(=O)[C@@H](C)OC(=O)/C(C#N)=C/c2cc(C)n(C3CC3)c2C)c1C. The number of hydrogen-bond acceptors (Lipinski definition) is 5. The van der Waals surface area contributed by atoms with Crippen molar-refractivity contribution < 1.29 is 19.1 Å². The lowest BCUT2D eigenvalue weighted by Gasteiger charge is -2.12. The molecule has 0 aliphatic heterocycles. The Balaban J connectivity index is 1.80. The lowest BCUT2D eigenvalue weighted by molar-refractivity contribution is -0.141. The van der Waals surface area contributed by atoms with Crippen LogP contribution in [-0.4, -0.2) is 33.2 Å². The Morgan fingerprint density at radius 3 is 2.42 bits per heavy atom. The number of carbonyl (C=O) groups excluding carboxylic acids is 3. The van der Waals surface area contributed by atoms with Gasteiger partial charge in [0.05, 0.1) is 5.69 Å². The lowest BCUT2D eigenvalue weighted by atomic mass is 10.0. The van der Waals surface area contributed by atoms with Crippen molar-refractivity contribution in [3.05, 3.63) is 51.1 Å². The number of H-pyrrole nitrogens is 1. The third kappa shape index (κ3) is 4.24. The molecule has 31 heavy (non-hydrogen) atoms. The van der Waals surface area contributed by atoms with Crippen molar-refractivity contribution in [3.63, 3.8) is 0 Å². The van der Waals surface area contributed by atoms with Crippen LogP contribution < -0.4 is 0 Å². The minimum Gasteiger partial charge on any atom is -0.450 e. The molecule has 7 heteroatoms. The number of nitrogens with zero attached hydrogens (tertiary/aromatic N) is 2. The highest BCUT2D eigenvalue weighted by atomic mass is 16.5. The number of ether oxygens (including phenoxy) is 1. The van der Waals surface area contributed by atoms with Crippen molar-refractivity contribution in [1.29, 1.82) is 5.26 Å². The second kappa shape index (κ2) is 8.38. The zero-order valence-electron chi connectivity index (χ0n) is 18.8. The van der Waals surface area contributed by atoms with Gasteiger partial charge >= 0.3 is 5.97 Å². The van der Waals surface area contributed by atoms with Crippen LogP contribution in [0, 0.1) is 39.0 Å². The smallest absolute Gasteiger partial charge is 0.349 e. The van der Waals surface area contributed by atoms with Gasteiger partial charge in [0.2, 0.25) is 5.78 Å². The number of hydrogen-bond donors (Lipinski definition) is 1. The highest BCUT2D eigenvalue weighted by Gasteiger charge is 2.28. The van der Waals surface area contributed by atoms with Gasteiger partial charge in [-0.25, -0.2) is 4.79 Å². The fourth-order valence-corrected chi connectivity index (χ4v) is 4.14. The van der Waals surface area contributed by atoms with Crippen LogP contribution in [0.5, 0.6) is 0 Å². The third-order valence-corrected chi connectivity index (χ3v) is 5.76. The molecule has 2 aromatic rings. The molecule has 0 saturated heterocycles. The molecule has 0 amide bonds. The summed E-state index contributed by atoms with van der Waals surface area (Å²) in [6, 6.07) is 4.32. The topological polar surface area (TPSA) is 105 Å². The lowest BCUT2D eigenvalue weighted by Crippen LogP contribution is -2.26. The van der Waals surface area contributed by atoms with Crippen molar-refractivity contribution in [2.24, 2.45) is 0 Å². The van der Waals surface area contributed by atoms with Crippen molar-refractivity contribution in [2.45, 2.75) is 66.5 Å². The van der Waals surface area contributed by atoms with E-state index in [1.807, 2.05) is 26.0 Å². The summed E-state index contributed by atoms with van der Waals surface area (Å²) in [5.41, 5.74) is 4.53. The molecular weight excluding hydrogens is 394 g/mol. The van der Waals surface area contributed by atoms with Crippen LogP contribution in [-0.2, 0) is 9.53 Å². The van der Waals surface area contributed by atoms with E-state index in [9.17, 15) is 19.6 Å². The van der Waals surface area contributed by atoms with E-state index in [1.54, 1.807) is 13.8 Å². The van der Waals surface area contributed by atoms with Gasteiger partial charge in [-0.3, -0.25) is 9.59 Å². The summed E-state index contributed by atoms with van der Waals surface area (Å²) in [6.45, 7) is 10.3. The summed E-state index contributed by atoms with van der Waals surface area (Å²) in [5.74, 6) is -1.45. The van der Waals surface area contributed by atoms with Gasteiger partial charge in [-0.05, 0) is 77.7 Å². The van der Waals surface area contributed by atoms with Gasteiger partial charge in [-0.2, -0.15) is 5.26 Å². The van der Waals surface area contributed by atoms with E-state index in [-0.39, 0.29) is 17.1 Å². The average molecular weight is 421 g/mol. The second-order valence-electron chi connectivity index (χ2n) is 8.19. The molecule has 0 spiro atoms. The van der Waals surface area contributed by atoms with Crippen molar-refractivity contribution in [3.8, 4) is 6.07 Å². The first-order valence-electron chi connectivity index (χ1n) is 10.3. The molecule has 162 valence electrons. The first-order chi connectivity index (χ1) is 14.6. The average Bonchev–Trinajstić information content (AvgIpc) is 3.42. The molecule has 1 saturated carbocycles. The van der Waals surface area contributed by atoms with Gasteiger partial charge < -0.3 is 14.3 Å². The summed E-state index contributed by atoms with van der Waals surface area (Å²) < 4.78 is 7.53. The van der Waals surface area contributed by atoms with Crippen LogP contribution in [0.25, 0.3) is 6.08 Å². The third-order valence-electron chi connectivity index (χ3n) is 5.76. The van der Waals surface area contributed by atoms with Gasteiger partial charge in [0.25, 0.3) is 0 Å². The molecule has 0 unspecified atom stereocenters. The number of aromatic amines is 1. The summed E-state index contributed by atoms with van der Waals surface area (Å²) in [5, 5.41) is 9.51.